The number of carbonyl (C=O) groups excluding carboxylic acids is 2. The quantitative estimate of drug-likeness (QED) is 0.902. The molecule has 2 amide bonds. The molecule has 0 aliphatic heterocycles. The Morgan fingerprint density at radius 1 is 1.19 bits per heavy atom. The lowest BCUT2D eigenvalue weighted by atomic mass is 10.1. The van der Waals surface area contributed by atoms with Crippen molar-refractivity contribution in [2.45, 2.75) is 39.8 Å². The molecular formula is C16H24N2O3. The van der Waals surface area contributed by atoms with Gasteiger partial charge in [-0.2, -0.15) is 0 Å². The first-order valence-electron chi connectivity index (χ1n) is 6.91. The van der Waals surface area contributed by atoms with Gasteiger partial charge in [-0.3, -0.25) is 9.59 Å². The molecule has 0 bridgehead atoms. The molecule has 0 heterocycles. The van der Waals surface area contributed by atoms with E-state index in [0.717, 1.165) is 11.3 Å². The second kappa shape index (κ2) is 7.11. The standard InChI is InChI=1S/C16H24N2O3/c1-12(19)18(11-15(20)17-16(2,3)4)10-13-6-8-14(21-5)9-7-13/h6-9H,10-11H2,1-5H3,(H,17,20). The Balaban J connectivity index is 2.69. The van der Waals surface area contributed by atoms with Gasteiger partial charge in [-0.25, -0.2) is 0 Å². The fourth-order valence-electron chi connectivity index (χ4n) is 1.86. The molecule has 0 aromatic heterocycles. The van der Waals surface area contributed by atoms with E-state index in [1.54, 1.807) is 7.11 Å². The summed E-state index contributed by atoms with van der Waals surface area (Å²) < 4.78 is 5.10. The summed E-state index contributed by atoms with van der Waals surface area (Å²) in [5, 5.41) is 2.86. The van der Waals surface area contributed by atoms with Crippen LogP contribution in [0.15, 0.2) is 24.3 Å². The predicted octanol–water partition coefficient (Wildman–Crippen LogP) is 1.96. The average Bonchev–Trinajstić information content (AvgIpc) is 2.36. The van der Waals surface area contributed by atoms with Crippen molar-refractivity contribution in [3.63, 3.8) is 0 Å². The molecule has 0 aliphatic rings. The molecule has 1 N–H and O–H groups in total. The van der Waals surface area contributed by atoms with Gasteiger partial charge < -0.3 is 15.0 Å². The summed E-state index contributed by atoms with van der Waals surface area (Å²) in [4.78, 5) is 25.1. The van der Waals surface area contributed by atoms with E-state index < -0.39 is 0 Å². The highest BCUT2D eigenvalue weighted by molar-refractivity contribution is 5.84. The summed E-state index contributed by atoms with van der Waals surface area (Å²) in [7, 11) is 1.60. The van der Waals surface area contributed by atoms with Gasteiger partial charge in [0.15, 0.2) is 0 Å². The Bertz CT molecular complexity index is 489. The molecule has 0 radical (unpaired) electrons. The minimum absolute atomic E-state index is 0.0542. The Labute approximate surface area is 126 Å². The molecule has 0 saturated carbocycles. The van der Waals surface area contributed by atoms with Crippen LogP contribution in [0.5, 0.6) is 5.75 Å². The van der Waals surface area contributed by atoms with Crippen molar-refractivity contribution < 1.29 is 14.3 Å². The van der Waals surface area contributed by atoms with Crippen LogP contribution in [-0.4, -0.2) is 35.9 Å². The zero-order chi connectivity index (χ0) is 16.0. The summed E-state index contributed by atoms with van der Waals surface area (Å²) in [6.07, 6.45) is 0. The highest BCUT2D eigenvalue weighted by atomic mass is 16.5. The second-order valence-corrected chi connectivity index (χ2v) is 6.02. The summed E-state index contributed by atoms with van der Waals surface area (Å²) >= 11 is 0. The largest absolute Gasteiger partial charge is 0.497 e. The van der Waals surface area contributed by atoms with Crippen molar-refractivity contribution in [1.82, 2.24) is 10.2 Å². The molecule has 0 fully saturated rings. The lowest BCUT2D eigenvalue weighted by molar-refractivity contribution is -0.135. The van der Waals surface area contributed by atoms with Crippen LogP contribution in [0.3, 0.4) is 0 Å². The Morgan fingerprint density at radius 3 is 2.19 bits per heavy atom. The van der Waals surface area contributed by atoms with Gasteiger partial charge in [-0.1, -0.05) is 12.1 Å². The fourth-order valence-corrected chi connectivity index (χ4v) is 1.86. The van der Waals surface area contributed by atoms with Crippen LogP contribution >= 0.6 is 0 Å². The number of nitrogens with one attached hydrogen (secondary N) is 1. The summed E-state index contributed by atoms with van der Waals surface area (Å²) in [6.45, 7) is 7.65. The van der Waals surface area contributed by atoms with Gasteiger partial charge in [0.05, 0.1) is 13.7 Å². The van der Waals surface area contributed by atoms with Crippen molar-refractivity contribution in [3.05, 3.63) is 29.8 Å². The highest BCUT2D eigenvalue weighted by Gasteiger charge is 2.18. The second-order valence-electron chi connectivity index (χ2n) is 6.02. The third-order valence-electron chi connectivity index (χ3n) is 2.83. The zero-order valence-electron chi connectivity index (χ0n) is 13.4. The van der Waals surface area contributed by atoms with Gasteiger partial charge >= 0.3 is 0 Å². The number of ether oxygens (including phenoxy) is 1. The summed E-state index contributed by atoms with van der Waals surface area (Å²) in [5.74, 6) is 0.472. The van der Waals surface area contributed by atoms with Gasteiger partial charge in [0.2, 0.25) is 11.8 Å². The van der Waals surface area contributed by atoms with Gasteiger partial charge in [0.1, 0.15) is 5.75 Å². The molecular weight excluding hydrogens is 268 g/mol. The van der Waals surface area contributed by atoms with E-state index >= 15 is 0 Å². The molecule has 0 atom stereocenters. The van der Waals surface area contributed by atoms with E-state index in [-0.39, 0.29) is 23.9 Å². The molecule has 5 heteroatoms. The molecule has 5 nitrogen and oxygen atoms in total. The van der Waals surface area contributed by atoms with E-state index in [1.807, 2.05) is 45.0 Å². The number of rotatable bonds is 5. The SMILES string of the molecule is COc1ccc(CN(CC(=O)NC(C)(C)C)C(C)=O)cc1. The van der Waals surface area contributed by atoms with E-state index in [1.165, 1.54) is 11.8 Å². The van der Waals surface area contributed by atoms with Crippen LogP contribution in [0.4, 0.5) is 0 Å². The smallest absolute Gasteiger partial charge is 0.240 e. The molecule has 1 aromatic carbocycles. The number of methoxy groups -OCH3 is 1. The highest BCUT2D eigenvalue weighted by Crippen LogP contribution is 2.13. The number of amides is 2. The van der Waals surface area contributed by atoms with Crippen LogP contribution < -0.4 is 10.1 Å². The minimum Gasteiger partial charge on any atom is -0.497 e. The van der Waals surface area contributed by atoms with E-state index in [0.29, 0.717) is 6.54 Å². The van der Waals surface area contributed by atoms with Crippen molar-refractivity contribution >= 4 is 11.8 Å². The monoisotopic (exact) mass is 292 g/mol. The van der Waals surface area contributed by atoms with E-state index in [2.05, 4.69) is 5.32 Å². The molecule has 1 aromatic rings. The van der Waals surface area contributed by atoms with Gasteiger partial charge in [0, 0.05) is 19.0 Å². The third-order valence-corrected chi connectivity index (χ3v) is 2.83. The number of benzene rings is 1. The van der Waals surface area contributed by atoms with Crippen molar-refractivity contribution in [1.29, 1.82) is 0 Å². The number of carbonyl (C=O) groups is 2. The zero-order valence-corrected chi connectivity index (χ0v) is 13.4. The molecule has 116 valence electrons. The molecule has 0 saturated heterocycles. The molecule has 0 spiro atoms. The van der Waals surface area contributed by atoms with Crippen LogP contribution in [-0.2, 0) is 16.1 Å². The average molecular weight is 292 g/mol. The Hall–Kier alpha value is -2.04. The van der Waals surface area contributed by atoms with E-state index in [4.69, 9.17) is 4.74 Å². The number of nitrogens with zero attached hydrogens (tertiary/aromatic N) is 1. The Morgan fingerprint density at radius 2 is 1.76 bits per heavy atom. The van der Waals surface area contributed by atoms with E-state index in [9.17, 15) is 9.59 Å². The lowest BCUT2D eigenvalue weighted by Crippen LogP contribution is -2.46. The van der Waals surface area contributed by atoms with Gasteiger partial charge in [0.25, 0.3) is 0 Å². The minimum atomic E-state index is -0.306. The first kappa shape index (κ1) is 17.0. The summed E-state index contributed by atoms with van der Waals surface area (Å²) in [6, 6.07) is 7.44. The van der Waals surface area contributed by atoms with Crippen molar-refractivity contribution in [2.75, 3.05) is 13.7 Å². The third kappa shape index (κ3) is 6.29. The maximum absolute atomic E-state index is 11.9. The maximum Gasteiger partial charge on any atom is 0.240 e. The van der Waals surface area contributed by atoms with Crippen LogP contribution in [0.2, 0.25) is 0 Å². The van der Waals surface area contributed by atoms with Gasteiger partial charge in [-0.05, 0) is 38.5 Å². The van der Waals surface area contributed by atoms with Crippen molar-refractivity contribution in [2.24, 2.45) is 0 Å². The predicted molar refractivity (Wildman–Crippen MR) is 82.0 cm³/mol. The van der Waals surface area contributed by atoms with Crippen molar-refractivity contribution in [3.8, 4) is 5.75 Å². The first-order chi connectivity index (χ1) is 9.71. The first-order valence-corrected chi connectivity index (χ1v) is 6.91. The molecule has 0 aliphatic carbocycles. The Kier molecular flexibility index (Phi) is 5.76. The van der Waals surface area contributed by atoms with Crippen LogP contribution in [0, 0.1) is 0 Å². The van der Waals surface area contributed by atoms with Crippen LogP contribution in [0.25, 0.3) is 0 Å². The maximum atomic E-state index is 11.9. The molecule has 21 heavy (non-hydrogen) atoms. The summed E-state index contributed by atoms with van der Waals surface area (Å²) in [5.41, 5.74) is 0.647. The molecule has 1 rings (SSSR count). The number of hydrogen-bond donors (Lipinski definition) is 1. The fraction of sp³-hybridized carbons (Fsp3) is 0.500. The van der Waals surface area contributed by atoms with Gasteiger partial charge in [-0.15, -0.1) is 0 Å². The lowest BCUT2D eigenvalue weighted by Gasteiger charge is -2.25. The molecule has 0 unspecified atom stereocenters. The topological polar surface area (TPSA) is 58.6 Å². The van der Waals surface area contributed by atoms with Crippen LogP contribution in [0.1, 0.15) is 33.3 Å². The number of hydrogen-bond acceptors (Lipinski definition) is 3. The normalized spacial score (nSPS) is 10.9.